The van der Waals surface area contributed by atoms with Crippen LogP contribution >= 0.6 is 0 Å². The lowest BCUT2D eigenvalue weighted by atomic mass is 10.2. The van der Waals surface area contributed by atoms with E-state index in [1.807, 2.05) is 6.07 Å². The van der Waals surface area contributed by atoms with E-state index in [2.05, 4.69) is 4.98 Å². The molecule has 0 bridgehead atoms. The Kier molecular flexibility index (Phi) is 2.60. The molecule has 1 aliphatic rings. The summed E-state index contributed by atoms with van der Waals surface area (Å²) in [6.07, 6.45) is 1.47. The van der Waals surface area contributed by atoms with E-state index >= 15 is 0 Å². The van der Waals surface area contributed by atoms with Gasteiger partial charge in [-0.3, -0.25) is 4.79 Å². The molecule has 0 spiro atoms. The predicted molar refractivity (Wildman–Crippen MR) is 69.1 cm³/mol. The molecule has 3 rings (SSSR count). The Hall–Kier alpha value is -1.89. The zero-order valence-electron chi connectivity index (χ0n) is 9.84. The van der Waals surface area contributed by atoms with Crippen LogP contribution in [-0.2, 0) is 15.0 Å². The first kappa shape index (κ1) is 12.2. The molecule has 1 fully saturated rings. The summed E-state index contributed by atoms with van der Waals surface area (Å²) < 4.78 is 34.7. The van der Waals surface area contributed by atoms with Gasteiger partial charge in [0.15, 0.2) is 0 Å². The molecule has 0 radical (unpaired) electrons. The average Bonchev–Trinajstić information content (AvgIpc) is 2.92. The van der Waals surface area contributed by atoms with Crippen LogP contribution in [0, 0.1) is 0 Å². The first-order valence-corrected chi connectivity index (χ1v) is 7.21. The summed E-state index contributed by atoms with van der Waals surface area (Å²) in [6.45, 7) is -0.131. The lowest BCUT2D eigenvalue weighted by Crippen LogP contribution is -2.26. The number of H-pyrrole nitrogens is 1. The standard InChI is InChI=1S/C12H11FN2O3S/c13-19(17,18)10-6-12(16)15(7-10)9-1-2-11-8(5-9)3-4-14-11/h1-5,10,14H,6-7H2. The number of fused-ring (bicyclic) bond motifs is 1. The van der Waals surface area contributed by atoms with E-state index in [4.69, 9.17) is 0 Å². The highest BCUT2D eigenvalue weighted by molar-refractivity contribution is 7.87. The molecule has 0 aliphatic carbocycles. The number of benzene rings is 1. The molecule has 1 aromatic heterocycles. The molecule has 1 unspecified atom stereocenters. The molecule has 19 heavy (non-hydrogen) atoms. The van der Waals surface area contributed by atoms with Gasteiger partial charge in [0.05, 0.1) is 0 Å². The van der Waals surface area contributed by atoms with Crippen molar-refractivity contribution in [1.29, 1.82) is 0 Å². The normalized spacial score (nSPS) is 20.4. The number of halogens is 1. The van der Waals surface area contributed by atoms with Crippen molar-refractivity contribution < 1.29 is 17.1 Å². The largest absolute Gasteiger partial charge is 0.361 e. The second-order valence-electron chi connectivity index (χ2n) is 4.56. The van der Waals surface area contributed by atoms with Crippen LogP contribution in [0.15, 0.2) is 30.5 Å². The van der Waals surface area contributed by atoms with Gasteiger partial charge in [-0.25, -0.2) is 0 Å². The van der Waals surface area contributed by atoms with Crippen molar-refractivity contribution in [2.75, 3.05) is 11.4 Å². The summed E-state index contributed by atoms with van der Waals surface area (Å²) in [5.74, 6) is -0.374. The quantitative estimate of drug-likeness (QED) is 0.850. The molecule has 2 aromatic rings. The summed E-state index contributed by atoms with van der Waals surface area (Å²) in [7, 11) is -4.68. The second-order valence-corrected chi connectivity index (χ2v) is 6.17. The number of aromatic nitrogens is 1. The summed E-state index contributed by atoms with van der Waals surface area (Å²) in [5, 5.41) is -0.348. The van der Waals surface area contributed by atoms with Crippen LogP contribution < -0.4 is 4.90 Å². The SMILES string of the molecule is O=C1CC(S(=O)(=O)F)CN1c1ccc2[nH]ccc2c1. The highest BCUT2D eigenvalue weighted by Gasteiger charge is 2.39. The number of carbonyl (C=O) groups excluding carboxylic acids is 1. The molecule has 2 heterocycles. The van der Waals surface area contributed by atoms with Gasteiger partial charge in [-0.05, 0) is 24.3 Å². The number of anilines is 1. The molecular formula is C12H11FN2O3S. The summed E-state index contributed by atoms with van der Waals surface area (Å²) in [5.41, 5.74) is 1.51. The zero-order valence-corrected chi connectivity index (χ0v) is 10.7. The van der Waals surface area contributed by atoms with Crippen LogP contribution in [0.4, 0.5) is 9.57 Å². The topological polar surface area (TPSA) is 70.2 Å². The van der Waals surface area contributed by atoms with Gasteiger partial charge >= 0.3 is 10.2 Å². The van der Waals surface area contributed by atoms with Crippen LogP contribution in [-0.4, -0.2) is 31.1 Å². The summed E-state index contributed by atoms with van der Waals surface area (Å²) in [6, 6.07) is 7.14. The average molecular weight is 282 g/mol. The minimum Gasteiger partial charge on any atom is -0.361 e. The van der Waals surface area contributed by atoms with Gasteiger partial charge in [0.1, 0.15) is 5.25 Å². The number of nitrogens with zero attached hydrogens (tertiary/aromatic N) is 1. The van der Waals surface area contributed by atoms with Crippen molar-refractivity contribution in [2.45, 2.75) is 11.7 Å². The molecule has 1 atom stereocenters. The third-order valence-electron chi connectivity index (χ3n) is 3.34. The van der Waals surface area contributed by atoms with Crippen LogP contribution in [0.3, 0.4) is 0 Å². The smallest absolute Gasteiger partial charge is 0.307 e. The van der Waals surface area contributed by atoms with E-state index in [1.165, 1.54) is 4.90 Å². The van der Waals surface area contributed by atoms with Crippen LogP contribution in [0.1, 0.15) is 6.42 Å². The highest BCUT2D eigenvalue weighted by atomic mass is 32.3. The predicted octanol–water partition coefficient (Wildman–Crippen LogP) is 1.57. The van der Waals surface area contributed by atoms with Crippen LogP contribution in [0.5, 0.6) is 0 Å². The summed E-state index contributed by atoms with van der Waals surface area (Å²) in [4.78, 5) is 16.1. The molecule has 100 valence electrons. The highest BCUT2D eigenvalue weighted by Crippen LogP contribution is 2.28. The Labute approximate surface area is 109 Å². The van der Waals surface area contributed by atoms with Crippen molar-refractivity contribution >= 4 is 32.7 Å². The van der Waals surface area contributed by atoms with Gasteiger partial charge in [0.25, 0.3) is 0 Å². The maximum Gasteiger partial charge on any atom is 0.307 e. The van der Waals surface area contributed by atoms with Crippen molar-refractivity contribution in [3.63, 3.8) is 0 Å². The van der Waals surface area contributed by atoms with Gasteiger partial charge < -0.3 is 9.88 Å². The Balaban J connectivity index is 1.96. The Morgan fingerprint density at radius 2 is 2.11 bits per heavy atom. The fraction of sp³-hybridized carbons (Fsp3) is 0.250. The van der Waals surface area contributed by atoms with E-state index in [1.54, 1.807) is 24.4 Å². The Bertz CT molecular complexity index is 753. The van der Waals surface area contributed by atoms with E-state index in [9.17, 15) is 17.1 Å². The van der Waals surface area contributed by atoms with E-state index in [-0.39, 0.29) is 18.9 Å². The first-order chi connectivity index (χ1) is 8.95. The van der Waals surface area contributed by atoms with E-state index in [0.29, 0.717) is 5.69 Å². The van der Waals surface area contributed by atoms with Gasteiger partial charge in [0.2, 0.25) is 5.91 Å². The lowest BCUT2D eigenvalue weighted by molar-refractivity contribution is -0.117. The Morgan fingerprint density at radius 3 is 2.79 bits per heavy atom. The monoisotopic (exact) mass is 282 g/mol. The van der Waals surface area contributed by atoms with Gasteiger partial charge in [-0.15, -0.1) is 3.89 Å². The fourth-order valence-electron chi connectivity index (χ4n) is 2.32. The number of aromatic amines is 1. The molecule has 1 amide bonds. The van der Waals surface area contributed by atoms with Crippen molar-refractivity contribution in [3.05, 3.63) is 30.5 Å². The number of carbonyl (C=O) groups is 1. The van der Waals surface area contributed by atoms with Crippen molar-refractivity contribution in [3.8, 4) is 0 Å². The van der Waals surface area contributed by atoms with Gasteiger partial charge in [-0.1, -0.05) is 0 Å². The molecule has 0 saturated carbocycles. The van der Waals surface area contributed by atoms with Gasteiger partial charge in [-0.2, -0.15) is 8.42 Å². The lowest BCUT2D eigenvalue weighted by Gasteiger charge is -2.16. The second kappa shape index (κ2) is 4.06. The Morgan fingerprint density at radius 1 is 1.32 bits per heavy atom. The molecule has 1 saturated heterocycles. The summed E-state index contributed by atoms with van der Waals surface area (Å²) >= 11 is 0. The van der Waals surface area contributed by atoms with Crippen molar-refractivity contribution in [1.82, 2.24) is 4.98 Å². The third-order valence-corrected chi connectivity index (χ3v) is 4.45. The molecule has 1 aromatic carbocycles. The molecule has 1 N–H and O–H groups in total. The van der Waals surface area contributed by atoms with E-state index in [0.717, 1.165) is 10.9 Å². The third kappa shape index (κ3) is 2.10. The molecule has 5 nitrogen and oxygen atoms in total. The fourth-order valence-corrected chi connectivity index (χ4v) is 2.99. The minimum atomic E-state index is -4.68. The van der Waals surface area contributed by atoms with Gasteiger partial charge in [0, 0.05) is 35.8 Å². The first-order valence-electron chi connectivity index (χ1n) is 5.76. The maximum absolute atomic E-state index is 12.9. The number of hydrogen-bond acceptors (Lipinski definition) is 3. The number of nitrogens with one attached hydrogen (secondary N) is 1. The maximum atomic E-state index is 12.9. The van der Waals surface area contributed by atoms with Crippen LogP contribution in [0.2, 0.25) is 0 Å². The molecule has 7 heteroatoms. The minimum absolute atomic E-state index is 0.131. The number of hydrogen-bond donors (Lipinski definition) is 1. The number of rotatable bonds is 2. The van der Waals surface area contributed by atoms with E-state index < -0.39 is 15.5 Å². The van der Waals surface area contributed by atoms with Crippen molar-refractivity contribution in [2.24, 2.45) is 0 Å². The molecular weight excluding hydrogens is 271 g/mol. The number of amides is 1. The van der Waals surface area contributed by atoms with Crippen LogP contribution in [0.25, 0.3) is 10.9 Å². The zero-order chi connectivity index (χ0) is 13.6. The molecule has 1 aliphatic heterocycles.